The number of thiol groups is 1. The van der Waals surface area contributed by atoms with Crippen LogP contribution in [0.15, 0.2) is 24.3 Å². The van der Waals surface area contributed by atoms with Crippen LogP contribution in [0.4, 0.5) is 4.39 Å². The Hall–Kier alpha value is -0.320. The van der Waals surface area contributed by atoms with Crippen molar-refractivity contribution >= 4 is 12.6 Å². The van der Waals surface area contributed by atoms with Crippen molar-refractivity contribution in [3.63, 3.8) is 0 Å². The van der Waals surface area contributed by atoms with Crippen LogP contribution in [-0.4, -0.2) is 11.5 Å². The number of nitrogens with two attached hydrogens (primary N) is 1. The standard InChI is InChI=1S/C7H13FN2S/c1-5(7(11)10-9)3-4-6(2)8/h3-4,6-7,10-11H,1,9H2,2H3/b4-3-/t6?,7-/m0/s1. The number of hydrogen-bond donors (Lipinski definition) is 3. The van der Waals surface area contributed by atoms with Gasteiger partial charge in [0.05, 0.1) is 5.37 Å². The Balaban J connectivity index is 3.86. The Bertz CT molecular complexity index is 157. The minimum absolute atomic E-state index is 0.315. The van der Waals surface area contributed by atoms with Crippen molar-refractivity contribution < 1.29 is 4.39 Å². The number of allylic oxidation sites excluding steroid dienone is 1. The molecule has 0 aliphatic rings. The van der Waals surface area contributed by atoms with E-state index in [9.17, 15) is 4.39 Å². The smallest absolute Gasteiger partial charge is 0.116 e. The lowest BCUT2D eigenvalue weighted by molar-refractivity contribution is 0.430. The van der Waals surface area contributed by atoms with Crippen LogP contribution in [0, 0.1) is 0 Å². The van der Waals surface area contributed by atoms with Gasteiger partial charge in [-0.2, -0.15) is 12.6 Å². The lowest BCUT2D eigenvalue weighted by atomic mass is 10.2. The van der Waals surface area contributed by atoms with E-state index in [1.54, 1.807) is 6.08 Å². The number of nitrogens with one attached hydrogen (secondary N) is 1. The van der Waals surface area contributed by atoms with Crippen LogP contribution < -0.4 is 11.3 Å². The summed E-state index contributed by atoms with van der Waals surface area (Å²) >= 11 is 4.02. The van der Waals surface area contributed by atoms with Crippen molar-refractivity contribution in [3.05, 3.63) is 24.3 Å². The molecule has 0 bridgehead atoms. The van der Waals surface area contributed by atoms with Crippen molar-refractivity contribution in [3.8, 4) is 0 Å². The summed E-state index contributed by atoms with van der Waals surface area (Å²) in [6.45, 7) is 5.06. The summed E-state index contributed by atoms with van der Waals surface area (Å²) in [5.41, 5.74) is 3.02. The maximum absolute atomic E-state index is 12.2. The lowest BCUT2D eigenvalue weighted by Crippen LogP contribution is -2.31. The molecule has 0 radical (unpaired) electrons. The van der Waals surface area contributed by atoms with Crippen LogP contribution in [0.2, 0.25) is 0 Å². The molecule has 0 amide bonds. The highest BCUT2D eigenvalue weighted by atomic mass is 32.1. The molecule has 1 unspecified atom stereocenters. The Morgan fingerprint density at radius 2 is 2.36 bits per heavy atom. The first kappa shape index (κ1) is 10.7. The van der Waals surface area contributed by atoms with Crippen molar-refractivity contribution in [2.45, 2.75) is 18.5 Å². The molecule has 0 saturated heterocycles. The largest absolute Gasteiger partial charge is 0.270 e. The zero-order valence-corrected chi connectivity index (χ0v) is 7.31. The van der Waals surface area contributed by atoms with Gasteiger partial charge in [-0.3, -0.25) is 5.84 Å². The molecule has 2 atom stereocenters. The van der Waals surface area contributed by atoms with E-state index >= 15 is 0 Å². The van der Waals surface area contributed by atoms with Crippen molar-refractivity contribution in [2.24, 2.45) is 5.84 Å². The third-order valence-electron chi connectivity index (χ3n) is 1.08. The first-order valence-corrected chi connectivity index (χ1v) is 3.75. The minimum Gasteiger partial charge on any atom is -0.270 e. The van der Waals surface area contributed by atoms with Crippen LogP contribution in [0.5, 0.6) is 0 Å². The zero-order chi connectivity index (χ0) is 8.85. The average Bonchev–Trinajstić information content (AvgIpc) is 1.98. The summed E-state index contributed by atoms with van der Waals surface area (Å²) in [6, 6.07) is 0. The van der Waals surface area contributed by atoms with E-state index in [1.165, 1.54) is 13.0 Å². The first-order valence-electron chi connectivity index (χ1n) is 3.23. The molecule has 0 heterocycles. The minimum atomic E-state index is -0.968. The monoisotopic (exact) mass is 176 g/mol. The summed E-state index contributed by atoms with van der Waals surface area (Å²) in [5, 5.41) is -0.315. The molecule has 3 N–H and O–H groups in total. The molecule has 0 fully saturated rings. The number of halogens is 1. The third-order valence-corrected chi connectivity index (χ3v) is 1.57. The quantitative estimate of drug-likeness (QED) is 0.198. The molecule has 0 spiro atoms. The normalized spacial score (nSPS) is 16.7. The number of hydrazine groups is 1. The Morgan fingerprint density at radius 3 is 2.73 bits per heavy atom. The highest BCUT2D eigenvalue weighted by molar-refractivity contribution is 7.81. The van der Waals surface area contributed by atoms with Gasteiger partial charge in [0.2, 0.25) is 0 Å². The molecule has 11 heavy (non-hydrogen) atoms. The Morgan fingerprint density at radius 1 is 1.82 bits per heavy atom. The molecule has 0 aromatic rings. The second-order valence-corrected chi connectivity index (χ2v) is 2.70. The molecule has 2 nitrogen and oxygen atoms in total. The SMILES string of the molecule is C=C(/C=C\C(C)F)[C@H](S)NN. The third kappa shape index (κ3) is 5.01. The van der Waals surface area contributed by atoms with Gasteiger partial charge in [-0.1, -0.05) is 18.7 Å². The topological polar surface area (TPSA) is 38.0 Å². The fourth-order valence-corrected chi connectivity index (χ4v) is 0.540. The lowest BCUT2D eigenvalue weighted by Gasteiger charge is -2.07. The maximum Gasteiger partial charge on any atom is 0.116 e. The van der Waals surface area contributed by atoms with Crippen molar-refractivity contribution in [1.29, 1.82) is 0 Å². The number of rotatable bonds is 4. The molecular weight excluding hydrogens is 163 g/mol. The molecule has 0 aliphatic carbocycles. The summed E-state index contributed by atoms with van der Waals surface area (Å²) < 4.78 is 12.2. The van der Waals surface area contributed by atoms with E-state index in [0.29, 0.717) is 5.57 Å². The second-order valence-electron chi connectivity index (χ2n) is 2.18. The predicted molar refractivity (Wildman–Crippen MR) is 48.9 cm³/mol. The molecule has 0 rings (SSSR count). The molecule has 0 aliphatic heterocycles. The van der Waals surface area contributed by atoms with E-state index in [1.807, 2.05) is 0 Å². The maximum atomic E-state index is 12.2. The van der Waals surface area contributed by atoms with Gasteiger partial charge >= 0.3 is 0 Å². The Labute approximate surface area is 71.7 Å². The van der Waals surface area contributed by atoms with E-state index in [-0.39, 0.29) is 5.37 Å². The zero-order valence-electron chi connectivity index (χ0n) is 6.42. The van der Waals surface area contributed by atoms with Gasteiger partial charge in [0.1, 0.15) is 6.17 Å². The molecule has 0 aromatic carbocycles. The van der Waals surface area contributed by atoms with Crippen LogP contribution >= 0.6 is 12.6 Å². The highest BCUT2D eigenvalue weighted by Crippen LogP contribution is 2.05. The van der Waals surface area contributed by atoms with Gasteiger partial charge in [-0.15, -0.1) is 0 Å². The summed E-state index contributed by atoms with van der Waals surface area (Å²) in [4.78, 5) is 0. The fourth-order valence-electron chi connectivity index (χ4n) is 0.454. The van der Waals surface area contributed by atoms with Gasteiger partial charge in [0.25, 0.3) is 0 Å². The highest BCUT2D eigenvalue weighted by Gasteiger charge is 2.00. The average molecular weight is 176 g/mol. The van der Waals surface area contributed by atoms with Crippen LogP contribution in [-0.2, 0) is 0 Å². The summed E-state index contributed by atoms with van der Waals surface area (Å²) in [6.07, 6.45) is 1.98. The summed E-state index contributed by atoms with van der Waals surface area (Å²) in [5.74, 6) is 5.06. The van der Waals surface area contributed by atoms with Crippen LogP contribution in [0.3, 0.4) is 0 Å². The molecule has 0 aromatic heterocycles. The number of hydrogen-bond acceptors (Lipinski definition) is 3. The van der Waals surface area contributed by atoms with E-state index in [2.05, 4.69) is 24.6 Å². The van der Waals surface area contributed by atoms with E-state index in [0.717, 1.165) is 0 Å². The van der Waals surface area contributed by atoms with Gasteiger partial charge in [0.15, 0.2) is 0 Å². The molecule has 0 saturated carbocycles. The molecular formula is C7H13FN2S. The Kier molecular flexibility index (Phi) is 5.19. The second kappa shape index (κ2) is 5.35. The van der Waals surface area contributed by atoms with Crippen molar-refractivity contribution in [1.82, 2.24) is 5.43 Å². The molecule has 64 valence electrons. The van der Waals surface area contributed by atoms with E-state index in [4.69, 9.17) is 5.84 Å². The van der Waals surface area contributed by atoms with Crippen LogP contribution in [0.1, 0.15) is 6.92 Å². The summed E-state index contributed by atoms with van der Waals surface area (Å²) in [7, 11) is 0. The first-order chi connectivity index (χ1) is 5.07. The van der Waals surface area contributed by atoms with Gasteiger partial charge in [-0.05, 0) is 12.5 Å². The van der Waals surface area contributed by atoms with Gasteiger partial charge in [0, 0.05) is 0 Å². The van der Waals surface area contributed by atoms with Gasteiger partial charge < -0.3 is 0 Å². The van der Waals surface area contributed by atoms with Gasteiger partial charge in [-0.25, -0.2) is 9.82 Å². The number of alkyl halides is 1. The predicted octanol–water partition coefficient (Wildman–Crippen LogP) is 1.18. The van der Waals surface area contributed by atoms with E-state index < -0.39 is 6.17 Å². The van der Waals surface area contributed by atoms with Crippen LogP contribution in [0.25, 0.3) is 0 Å². The fraction of sp³-hybridized carbons (Fsp3) is 0.429. The van der Waals surface area contributed by atoms with Crippen molar-refractivity contribution in [2.75, 3.05) is 0 Å². The molecule has 4 heteroatoms.